The van der Waals surface area contributed by atoms with Gasteiger partial charge in [-0.05, 0) is 25.2 Å². The van der Waals surface area contributed by atoms with Crippen LogP contribution in [0.4, 0.5) is 0 Å². The molecule has 0 aromatic rings. The van der Waals surface area contributed by atoms with Crippen LogP contribution in [0.25, 0.3) is 0 Å². The molecular weight excluding hydrogens is 154 g/mol. The average Bonchev–Trinajstić information content (AvgIpc) is 2.15. The molecule has 0 bridgehead atoms. The Labute approximate surface area is 73.3 Å². The fraction of sp³-hybridized carbons (Fsp3) is 0.889. The van der Waals surface area contributed by atoms with Crippen LogP contribution in [0.3, 0.4) is 0 Å². The van der Waals surface area contributed by atoms with Crippen LogP contribution in [0, 0.1) is 17.2 Å². The quantitative estimate of drug-likeness (QED) is 0.645. The van der Waals surface area contributed by atoms with Gasteiger partial charge in [-0.1, -0.05) is 0 Å². The van der Waals surface area contributed by atoms with Crippen LogP contribution >= 0.6 is 0 Å². The Kier molecular flexibility index (Phi) is 4.06. The first-order chi connectivity index (χ1) is 5.86. The van der Waals surface area contributed by atoms with Crippen molar-refractivity contribution in [3.05, 3.63) is 0 Å². The number of ether oxygens (including phenoxy) is 2. The van der Waals surface area contributed by atoms with Crippen LogP contribution in [0.15, 0.2) is 0 Å². The second-order valence-corrected chi connectivity index (χ2v) is 3.14. The number of nitrogens with zero attached hydrogens (tertiary/aromatic N) is 1. The number of rotatable bonds is 3. The first-order valence-corrected chi connectivity index (χ1v) is 4.38. The third-order valence-corrected chi connectivity index (χ3v) is 2.26. The van der Waals surface area contributed by atoms with Gasteiger partial charge in [-0.25, -0.2) is 0 Å². The molecule has 1 rings (SSSR count). The van der Waals surface area contributed by atoms with Crippen LogP contribution in [-0.4, -0.2) is 20.0 Å². The lowest BCUT2D eigenvalue weighted by Gasteiger charge is -2.27. The Balaban J connectivity index is 2.14. The molecule has 68 valence electrons. The lowest BCUT2D eigenvalue weighted by molar-refractivity contribution is -0.160. The van der Waals surface area contributed by atoms with Crippen molar-refractivity contribution in [2.75, 3.05) is 13.7 Å². The average molecular weight is 169 g/mol. The third-order valence-electron chi connectivity index (χ3n) is 2.26. The Morgan fingerprint density at radius 3 is 2.92 bits per heavy atom. The summed E-state index contributed by atoms with van der Waals surface area (Å²) in [4.78, 5) is 0. The monoisotopic (exact) mass is 169 g/mol. The highest BCUT2D eigenvalue weighted by Crippen LogP contribution is 2.22. The second-order valence-electron chi connectivity index (χ2n) is 3.14. The minimum Gasteiger partial charge on any atom is -0.356 e. The van der Waals surface area contributed by atoms with E-state index in [-0.39, 0.29) is 6.29 Å². The molecule has 0 aromatic carbocycles. The minimum atomic E-state index is -0.0108. The molecule has 0 N–H and O–H groups in total. The van der Waals surface area contributed by atoms with Gasteiger partial charge in [0.25, 0.3) is 0 Å². The van der Waals surface area contributed by atoms with E-state index in [1.165, 1.54) is 0 Å². The van der Waals surface area contributed by atoms with E-state index < -0.39 is 0 Å². The lowest BCUT2D eigenvalue weighted by atomic mass is 9.97. The highest BCUT2D eigenvalue weighted by Gasteiger charge is 2.20. The summed E-state index contributed by atoms with van der Waals surface area (Å²) in [5.41, 5.74) is 0. The van der Waals surface area contributed by atoms with E-state index >= 15 is 0 Å². The van der Waals surface area contributed by atoms with Crippen molar-refractivity contribution >= 4 is 0 Å². The number of nitriles is 1. The van der Waals surface area contributed by atoms with Gasteiger partial charge in [0.1, 0.15) is 0 Å². The highest BCUT2D eigenvalue weighted by molar-refractivity contribution is 4.74. The first kappa shape index (κ1) is 9.50. The van der Waals surface area contributed by atoms with E-state index in [1.54, 1.807) is 7.11 Å². The van der Waals surface area contributed by atoms with E-state index in [0.29, 0.717) is 12.3 Å². The molecule has 0 amide bonds. The molecular formula is C9H15NO2. The molecule has 1 aliphatic heterocycles. The van der Waals surface area contributed by atoms with Gasteiger partial charge in [0.2, 0.25) is 0 Å². The molecule has 0 radical (unpaired) electrons. The molecule has 0 spiro atoms. The zero-order chi connectivity index (χ0) is 8.81. The Morgan fingerprint density at radius 2 is 2.42 bits per heavy atom. The zero-order valence-corrected chi connectivity index (χ0v) is 7.45. The predicted molar refractivity (Wildman–Crippen MR) is 44.3 cm³/mol. The summed E-state index contributed by atoms with van der Waals surface area (Å²) in [5.74, 6) is 0.566. The molecule has 1 saturated heterocycles. The van der Waals surface area contributed by atoms with Gasteiger partial charge in [-0.3, -0.25) is 0 Å². The third kappa shape index (κ3) is 2.80. The summed E-state index contributed by atoms with van der Waals surface area (Å²) in [7, 11) is 1.67. The van der Waals surface area contributed by atoms with Gasteiger partial charge in [-0.2, -0.15) is 5.26 Å². The van der Waals surface area contributed by atoms with Crippen LogP contribution in [0.2, 0.25) is 0 Å². The van der Waals surface area contributed by atoms with Crippen LogP contribution in [0.5, 0.6) is 0 Å². The summed E-state index contributed by atoms with van der Waals surface area (Å²) >= 11 is 0. The van der Waals surface area contributed by atoms with Crippen LogP contribution < -0.4 is 0 Å². The molecule has 2 unspecified atom stereocenters. The molecule has 1 fully saturated rings. The summed E-state index contributed by atoms with van der Waals surface area (Å²) in [6.07, 6.45) is 3.69. The molecule has 3 nitrogen and oxygen atoms in total. The number of hydrogen-bond acceptors (Lipinski definition) is 3. The van der Waals surface area contributed by atoms with E-state index in [9.17, 15) is 0 Å². The summed E-state index contributed by atoms with van der Waals surface area (Å²) in [6.45, 7) is 0.750. The Bertz CT molecular complexity index is 156. The Hall–Kier alpha value is -0.590. The smallest absolute Gasteiger partial charge is 0.157 e. The standard InChI is InChI=1S/C9H15NO2/c1-11-9-5-4-8(7-12-9)3-2-6-10/h8-9H,2-5,7H2,1H3. The molecule has 12 heavy (non-hydrogen) atoms. The van der Waals surface area contributed by atoms with E-state index in [1.807, 2.05) is 0 Å². The summed E-state index contributed by atoms with van der Waals surface area (Å²) in [6, 6.07) is 2.15. The Morgan fingerprint density at radius 1 is 1.58 bits per heavy atom. The van der Waals surface area contributed by atoms with Crippen molar-refractivity contribution in [3.63, 3.8) is 0 Å². The first-order valence-electron chi connectivity index (χ1n) is 4.38. The normalized spacial score (nSPS) is 29.7. The summed E-state index contributed by atoms with van der Waals surface area (Å²) in [5, 5.41) is 8.38. The lowest BCUT2D eigenvalue weighted by Crippen LogP contribution is -2.26. The van der Waals surface area contributed by atoms with Gasteiger partial charge in [0.15, 0.2) is 6.29 Å². The molecule has 0 saturated carbocycles. The van der Waals surface area contributed by atoms with Crippen molar-refractivity contribution in [2.24, 2.45) is 5.92 Å². The van der Waals surface area contributed by atoms with E-state index in [2.05, 4.69) is 6.07 Å². The topological polar surface area (TPSA) is 42.2 Å². The maximum Gasteiger partial charge on any atom is 0.157 e. The van der Waals surface area contributed by atoms with Gasteiger partial charge in [-0.15, -0.1) is 0 Å². The number of methoxy groups -OCH3 is 1. The SMILES string of the molecule is COC1CCC(CCC#N)CO1. The van der Waals surface area contributed by atoms with E-state index in [4.69, 9.17) is 14.7 Å². The molecule has 2 atom stereocenters. The van der Waals surface area contributed by atoms with E-state index in [0.717, 1.165) is 25.9 Å². The zero-order valence-electron chi connectivity index (χ0n) is 7.45. The van der Waals surface area contributed by atoms with Crippen molar-refractivity contribution in [1.29, 1.82) is 5.26 Å². The van der Waals surface area contributed by atoms with Crippen LogP contribution in [0.1, 0.15) is 25.7 Å². The maximum atomic E-state index is 8.38. The number of hydrogen-bond donors (Lipinski definition) is 0. The van der Waals surface area contributed by atoms with Gasteiger partial charge >= 0.3 is 0 Å². The van der Waals surface area contributed by atoms with Crippen molar-refractivity contribution < 1.29 is 9.47 Å². The van der Waals surface area contributed by atoms with Gasteiger partial charge < -0.3 is 9.47 Å². The fourth-order valence-corrected chi connectivity index (χ4v) is 1.46. The maximum absolute atomic E-state index is 8.38. The van der Waals surface area contributed by atoms with Gasteiger partial charge in [0.05, 0.1) is 12.7 Å². The van der Waals surface area contributed by atoms with Crippen molar-refractivity contribution in [2.45, 2.75) is 32.0 Å². The summed E-state index contributed by atoms with van der Waals surface area (Å²) < 4.78 is 10.5. The molecule has 0 aliphatic carbocycles. The van der Waals surface area contributed by atoms with Crippen molar-refractivity contribution in [3.8, 4) is 6.07 Å². The second kappa shape index (κ2) is 5.13. The predicted octanol–water partition coefficient (Wildman–Crippen LogP) is 1.69. The van der Waals surface area contributed by atoms with Crippen LogP contribution in [-0.2, 0) is 9.47 Å². The minimum absolute atomic E-state index is 0.0108. The molecule has 0 aromatic heterocycles. The molecule has 1 aliphatic rings. The van der Waals surface area contributed by atoms with Crippen molar-refractivity contribution in [1.82, 2.24) is 0 Å². The van der Waals surface area contributed by atoms with Gasteiger partial charge in [0, 0.05) is 13.5 Å². The highest BCUT2D eigenvalue weighted by atomic mass is 16.7. The molecule has 3 heteroatoms. The fourth-order valence-electron chi connectivity index (χ4n) is 1.46. The largest absolute Gasteiger partial charge is 0.356 e. The molecule has 1 heterocycles.